The minimum atomic E-state index is -0.0333. The number of hydrogen-bond donors (Lipinski definition) is 2. The molecule has 0 heterocycles. The maximum atomic E-state index is 12.4. The van der Waals surface area contributed by atoms with Crippen LogP contribution in [0.1, 0.15) is 44.7 Å². The van der Waals surface area contributed by atoms with Crippen molar-refractivity contribution in [3.63, 3.8) is 0 Å². The summed E-state index contributed by atoms with van der Waals surface area (Å²) in [4.78, 5) is 14.7. The molecule has 2 aromatic rings. The topological polar surface area (TPSA) is 44.4 Å². The Balaban J connectivity index is 1.97. The van der Waals surface area contributed by atoms with Crippen LogP contribution in [0.3, 0.4) is 0 Å². The average molecular weight is 354 g/mol. The van der Waals surface area contributed by atoms with Gasteiger partial charge in [0.05, 0.1) is 6.54 Å². The highest BCUT2D eigenvalue weighted by Gasteiger charge is 2.12. The van der Waals surface area contributed by atoms with Gasteiger partial charge in [-0.05, 0) is 62.1 Å². The number of para-hydroxylation sites is 1. The molecular weight excluding hydrogens is 322 g/mol. The first kappa shape index (κ1) is 19.8. The number of benzene rings is 2. The van der Waals surface area contributed by atoms with Gasteiger partial charge in [-0.3, -0.25) is 4.79 Å². The monoisotopic (exact) mass is 353 g/mol. The SMILES string of the molecule is CCN(CC)c1ccc(NCC(=O)Nc2c(C)cccc2C(C)C)cc1. The standard InChI is InChI=1S/C22H31N3O/c1-6-25(7-2)19-13-11-18(12-14-19)23-15-21(26)24-22-17(5)9-8-10-20(22)16(3)4/h8-14,16,23H,6-7,15H2,1-5H3,(H,24,26). The lowest BCUT2D eigenvalue weighted by Gasteiger charge is -2.21. The van der Waals surface area contributed by atoms with Gasteiger partial charge in [0.2, 0.25) is 5.91 Å². The van der Waals surface area contributed by atoms with E-state index in [2.05, 4.69) is 61.4 Å². The van der Waals surface area contributed by atoms with Crippen molar-refractivity contribution in [3.8, 4) is 0 Å². The van der Waals surface area contributed by atoms with Crippen molar-refractivity contribution in [2.75, 3.05) is 35.2 Å². The van der Waals surface area contributed by atoms with Gasteiger partial charge < -0.3 is 15.5 Å². The van der Waals surface area contributed by atoms with Crippen LogP contribution in [-0.4, -0.2) is 25.5 Å². The molecule has 0 aliphatic rings. The van der Waals surface area contributed by atoms with E-state index in [1.165, 1.54) is 11.3 Å². The summed E-state index contributed by atoms with van der Waals surface area (Å²) in [5, 5.41) is 6.27. The zero-order valence-electron chi connectivity index (χ0n) is 16.6. The maximum absolute atomic E-state index is 12.4. The van der Waals surface area contributed by atoms with Gasteiger partial charge in [-0.25, -0.2) is 0 Å². The Labute approximate surface area is 157 Å². The molecule has 0 aliphatic heterocycles. The highest BCUT2D eigenvalue weighted by atomic mass is 16.1. The van der Waals surface area contributed by atoms with Crippen molar-refractivity contribution in [2.45, 2.75) is 40.5 Å². The minimum absolute atomic E-state index is 0.0333. The molecule has 2 aromatic carbocycles. The van der Waals surface area contributed by atoms with E-state index in [1.54, 1.807) is 0 Å². The number of amides is 1. The van der Waals surface area contributed by atoms with Crippen LogP contribution in [0, 0.1) is 6.92 Å². The fourth-order valence-corrected chi connectivity index (χ4v) is 3.09. The molecule has 0 aliphatic carbocycles. The van der Waals surface area contributed by atoms with Gasteiger partial charge >= 0.3 is 0 Å². The molecule has 1 amide bonds. The van der Waals surface area contributed by atoms with Crippen LogP contribution in [0.5, 0.6) is 0 Å². The lowest BCUT2D eigenvalue weighted by molar-refractivity contribution is -0.114. The lowest BCUT2D eigenvalue weighted by atomic mass is 9.98. The highest BCUT2D eigenvalue weighted by molar-refractivity contribution is 5.95. The van der Waals surface area contributed by atoms with Crippen LogP contribution in [0.25, 0.3) is 0 Å². The third kappa shape index (κ3) is 5.01. The molecule has 4 nitrogen and oxygen atoms in total. The van der Waals surface area contributed by atoms with E-state index in [4.69, 9.17) is 0 Å². The largest absolute Gasteiger partial charge is 0.376 e. The normalized spacial score (nSPS) is 10.7. The molecule has 4 heteroatoms. The number of rotatable bonds is 8. The summed E-state index contributed by atoms with van der Waals surface area (Å²) < 4.78 is 0. The second-order valence-electron chi connectivity index (χ2n) is 6.81. The van der Waals surface area contributed by atoms with Gasteiger partial charge in [-0.2, -0.15) is 0 Å². The molecule has 140 valence electrons. The molecule has 0 fully saturated rings. The molecule has 0 radical (unpaired) electrons. The van der Waals surface area contributed by atoms with Crippen LogP contribution in [0.2, 0.25) is 0 Å². The molecule has 0 atom stereocenters. The molecule has 2 rings (SSSR count). The van der Waals surface area contributed by atoms with Crippen molar-refractivity contribution < 1.29 is 4.79 Å². The molecular formula is C22H31N3O. The first-order chi connectivity index (χ1) is 12.5. The molecule has 26 heavy (non-hydrogen) atoms. The minimum Gasteiger partial charge on any atom is -0.376 e. The summed E-state index contributed by atoms with van der Waals surface area (Å²) in [6.07, 6.45) is 0. The molecule has 0 unspecified atom stereocenters. The average Bonchev–Trinajstić information content (AvgIpc) is 2.63. The Morgan fingerprint density at radius 2 is 1.69 bits per heavy atom. The van der Waals surface area contributed by atoms with Crippen molar-refractivity contribution in [3.05, 3.63) is 53.6 Å². The zero-order valence-corrected chi connectivity index (χ0v) is 16.6. The van der Waals surface area contributed by atoms with Crippen LogP contribution < -0.4 is 15.5 Å². The van der Waals surface area contributed by atoms with Gasteiger partial charge in [0.25, 0.3) is 0 Å². The van der Waals surface area contributed by atoms with Gasteiger partial charge in [0, 0.05) is 30.2 Å². The number of nitrogens with one attached hydrogen (secondary N) is 2. The van der Waals surface area contributed by atoms with Gasteiger partial charge in [0.1, 0.15) is 0 Å². The Morgan fingerprint density at radius 3 is 2.27 bits per heavy atom. The number of hydrogen-bond acceptors (Lipinski definition) is 3. The van der Waals surface area contributed by atoms with E-state index in [9.17, 15) is 4.79 Å². The molecule has 0 saturated carbocycles. The first-order valence-corrected chi connectivity index (χ1v) is 9.44. The van der Waals surface area contributed by atoms with E-state index in [1.807, 2.05) is 31.2 Å². The second kappa shape index (κ2) is 9.27. The maximum Gasteiger partial charge on any atom is 0.243 e. The van der Waals surface area contributed by atoms with Crippen molar-refractivity contribution in [1.29, 1.82) is 0 Å². The predicted octanol–water partition coefficient (Wildman–Crippen LogP) is 5.02. The fourth-order valence-electron chi connectivity index (χ4n) is 3.09. The van der Waals surface area contributed by atoms with Gasteiger partial charge in [0.15, 0.2) is 0 Å². The number of anilines is 3. The quantitative estimate of drug-likeness (QED) is 0.701. The molecule has 2 N–H and O–H groups in total. The summed E-state index contributed by atoms with van der Waals surface area (Å²) in [5.74, 6) is 0.333. The number of carbonyl (C=O) groups excluding carboxylic acids is 1. The van der Waals surface area contributed by atoms with Crippen LogP contribution in [0.4, 0.5) is 17.1 Å². The summed E-state index contributed by atoms with van der Waals surface area (Å²) in [5.41, 5.74) is 5.35. The predicted molar refractivity (Wildman–Crippen MR) is 112 cm³/mol. The van der Waals surface area contributed by atoms with Gasteiger partial charge in [-0.1, -0.05) is 32.0 Å². The van der Waals surface area contributed by atoms with Crippen molar-refractivity contribution >= 4 is 23.0 Å². The smallest absolute Gasteiger partial charge is 0.243 e. The molecule has 0 bridgehead atoms. The van der Waals surface area contributed by atoms with Gasteiger partial charge in [-0.15, -0.1) is 0 Å². The molecule has 0 aromatic heterocycles. The number of aryl methyl sites for hydroxylation is 1. The third-order valence-electron chi connectivity index (χ3n) is 4.64. The molecule has 0 saturated heterocycles. The fraction of sp³-hybridized carbons (Fsp3) is 0.409. The third-order valence-corrected chi connectivity index (χ3v) is 4.64. The highest BCUT2D eigenvalue weighted by Crippen LogP contribution is 2.27. The number of carbonyl (C=O) groups is 1. The van der Waals surface area contributed by atoms with E-state index >= 15 is 0 Å². The Hall–Kier alpha value is -2.49. The second-order valence-corrected chi connectivity index (χ2v) is 6.81. The van der Waals surface area contributed by atoms with Crippen LogP contribution in [-0.2, 0) is 4.79 Å². The summed E-state index contributed by atoms with van der Waals surface area (Å²) in [6.45, 7) is 12.8. The van der Waals surface area contributed by atoms with E-state index in [0.717, 1.165) is 30.0 Å². The van der Waals surface area contributed by atoms with Crippen molar-refractivity contribution in [1.82, 2.24) is 0 Å². The van der Waals surface area contributed by atoms with E-state index < -0.39 is 0 Å². The Morgan fingerprint density at radius 1 is 1.04 bits per heavy atom. The van der Waals surface area contributed by atoms with E-state index in [-0.39, 0.29) is 12.5 Å². The zero-order chi connectivity index (χ0) is 19.1. The van der Waals surface area contributed by atoms with Crippen molar-refractivity contribution in [2.24, 2.45) is 0 Å². The molecule has 0 spiro atoms. The Bertz CT molecular complexity index is 719. The Kier molecular flexibility index (Phi) is 7.07. The summed E-state index contributed by atoms with van der Waals surface area (Å²) in [6, 6.07) is 14.4. The summed E-state index contributed by atoms with van der Waals surface area (Å²) in [7, 11) is 0. The van der Waals surface area contributed by atoms with Crippen LogP contribution >= 0.6 is 0 Å². The first-order valence-electron chi connectivity index (χ1n) is 9.44. The van der Waals surface area contributed by atoms with E-state index in [0.29, 0.717) is 5.92 Å². The summed E-state index contributed by atoms with van der Waals surface area (Å²) >= 11 is 0. The number of nitrogens with zero attached hydrogens (tertiary/aromatic N) is 1. The lowest BCUT2D eigenvalue weighted by Crippen LogP contribution is -2.23. The van der Waals surface area contributed by atoms with Crippen LogP contribution in [0.15, 0.2) is 42.5 Å².